The number of aromatic nitrogens is 1. The fourth-order valence-corrected chi connectivity index (χ4v) is 4.51. The van der Waals surface area contributed by atoms with Crippen molar-refractivity contribution in [1.29, 1.82) is 0 Å². The molecule has 10 heteroatoms. The lowest BCUT2D eigenvalue weighted by Gasteiger charge is -2.17. The molecular formula is C24H21F3N2O4S. The van der Waals surface area contributed by atoms with Gasteiger partial charge in [0.25, 0.3) is 0 Å². The van der Waals surface area contributed by atoms with Crippen molar-refractivity contribution < 1.29 is 32.6 Å². The number of ether oxygens (including phenoxy) is 1. The Morgan fingerprint density at radius 2 is 1.91 bits per heavy atom. The molecule has 0 radical (unpaired) electrons. The average molecular weight is 491 g/mol. The predicted octanol–water partition coefficient (Wildman–Crippen LogP) is 5.69. The standard InChI is InChI=1S/C24H21F3N2O4S/c1-14-21(34-23(28-14)16-2-6-17(7-3-16)24(25,26)27)13-32-18-8-4-15(5-9-18)19(12-22(30)31)20-10-11-33-29-20/h2-10,19,29H,11-13H2,1H3,(H,30,31). The van der Waals surface area contributed by atoms with Crippen LogP contribution in [-0.4, -0.2) is 22.7 Å². The SMILES string of the molecule is Cc1nc(-c2ccc(C(F)(F)F)cc2)sc1COc1ccc(C(CC(=O)O)C2=CCON2)cc1. The number of halogens is 3. The number of nitrogens with zero attached hydrogens (tertiary/aromatic N) is 1. The topological polar surface area (TPSA) is 80.7 Å². The van der Waals surface area contributed by atoms with Gasteiger partial charge < -0.3 is 9.84 Å². The number of hydrogen-bond acceptors (Lipinski definition) is 6. The van der Waals surface area contributed by atoms with E-state index in [1.165, 1.54) is 23.5 Å². The molecule has 0 aliphatic carbocycles. The van der Waals surface area contributed by atoms with Gasteiger partial charge in [0.2, 0.25) is 0 Å². The van der Waals surface area contributed by atoms with Gasteiger partial charge in [-0.2, -0.15) is 13.2 Å². The van der Waals surface area contributed by atoms with Gasteiger partial charge in [-0.3, -0.25) is 15.1 Å². The number of aryl methyl sites for hydroxylation is 1. The molecule has 3 aromatic rings. The first-order valence-electron chi connectivity index (χ1n) is 10.4. The minimum absolute atomic E-state index is 0.0742. The number of allylic oxidation sites excluding steroid dienone is 1. The number of thiazole rings is 1. The van der Waals surface area contributed by atoms with Crippen molar-refractivity contribution in [3.05, 3.63) is 82.0 Å². The van der Waals surface area contributed by atoms with Crippen LogP contribution in [-0.2, 0) is 22.4 Å². The lowest BCUT2D eigenvalue weighted by atomic mass is 9.92. The van der Waals surface area contributed by atoms with E-state index in [4.69, 9.17) is 9.57 Å². The number of alkyl halides is 3. The summed E-state index contributed by atoms with van der Waals surface area (Å²) in [5.74, 6) is -0.667. The fourth-order valence-electron chi connectivity index (χ4n) is 3.53. The molecule has 2 heterocycles. The Kier molecular flexibility index (Phi) is 6.90. The summed E-state index contributed by atoms with van der Waals surface area (Å²) in [6, 6.07) is 12.1. The van der Waals surface area contributed by atoms with Crippen LogP contribution in [0.5, 0.6) is 5.75 Å². The van der Waals surface area contributed by atoms with Crippen molar-refractivity contribution in [3.8, 4) is 16.3 Å². The molecule has 178 valence electrons. The maximum absolute atomic E-state index is 12.8. The van der Waals surface area contributed by atoms with E-state index in [9.17, 15) is 23.1 Å². The third-order valence-electron chi connectivity index (χ3n) is 5.33. The Balaban J connectivity index is 1.43. The van der Waals surface area contributed by atoms with Gasteiger partial charge in [-0.1, -0.05) is 24.3 Å². The molecule has 1 aromatic heterocycles. The van der Waals surface area contributed by atoms with Gasteiger partial charge in [0.1, 0.15) is 17.4 Å². The molecule has 6 nitrogen and oxygen atoms in total. The largest absolute Gasteiger partial charge is 0.488 e. The van der Waals surface area contributed by atoms with Crippen molar-refractivity contribution in [2.45, 2.75) is 32.0 Å². The lowest BCUT2D eigenvalue weighted by molar-refractivity contribution is -0.138. The van der Waals surface area contributed by atoms with E-state index in [1.807, 2.05) is 25.1 Å². The van der Waals surface area contributed by atoms with Gasteiger partial charge in [0.15, 0.2) is 0 Å². The highest BCUT2D eigenvalue weighted by molar-refractivity contribution is 7.15. The van der Waals surface area contributed by atoms with Crippen LogP contribution in [0.1, 0.15) is 34.0 Å². The Hall–Kier alpha value is -3.37. The normalized spacial score (nSPS) is 14.4. The number of carboxylic acid groups (broad SMARTS) is 1. The first kappa shape index (κ1) is 23.8. The van der Waals surface area contributed by atoms with Gasteiger partial charge in [-0.15, -0.1) is 11.3 Å². The predicted molar refractivity (Wildman–Crippen MR) is 120 cm³/mol. The van der Waals surface area contributed by atoms with Crippen molar-refractivity contribution in [3.63, 3.8) is 0 Å². The second-order valence-corrected chi connectivity index (χ2v) is 8.77. The van der Waals surface area contributed by atoms with Crippen molar-refractivity contribution in [2.24, 2.45) is 0 Å². The zero-order valence-corrected chi connectivity index (χ0v) is 18.9. The number of rotatable bonds is 8. The minimum Gasteiger partial charge on any atom is -0.488 e. The van der Waals surface area contributed by atoms with E-state index in [-0.39, 0.29) is 18.9 Å². The van der Waals surface area contributed by atoms with Gasteiger partial charge in [0, 0.05) is 17.2 Å². The minimum atomic E-state index is -4.38. The third-order valence-corrected chi connectivity index (χ3v) is 6.52. The maximum atomic E-state index is 12.8. The van der Waals surface area contributed by atoms with Gasteiger partial charge in [-0.25, -0.2) is 4.98 Å². The van der Waals surface area contributed by atoms with Crippen LogP contribution in [0, 0.1) is 6.92 Å². The molecule has 0 fully saturated rings. The molecule has 2 N–H and O–H groups in total. The van der Waals surface area contributed by atoms with Crippen LogP contribution >= 0.6 is 11.3 Å². The summed E-state index contributed by atoms with van der Waals surface area (Å²) in [7, 11) is 0. The summed E-state index contributed by atoms with van der Waals surface area (Å²) in [5, 5.41) is 9.88. The molecule has 2 aromatic carbocycles. The zero-order chi connectivity index (χ0) is 24.3. The van der Waals surface area contributed by atoms with E-state index in [2.05, 4.69) is 10.5 Å². The van der Waals surface area contributed by atoms with Gasteiger partial charge in [-0.05, 0) is 42.8 Å². The van der Waals surface area contributed by atoms with Gasteiger partial charge in [0.05, 0.1) is 29.2 Å². The highest BCUT2D eigenvalue weighted by Gasteiger charge is 2.30. The highest BCUT2D eigenvalue weighted by atomic mass is 32.1. The van der Waals surface area contributed by atoms with Crippen molar-refractivity contribution >= 4 is 17.3 Å². The average Bonchev–Trinajstić information content (AvgIpc) is 3.46. The van der Waals surface area contributed by atoms with E-state index in [1.54, 1.807) is 12.1 Å². The summed E-state index contributed by atoms with van der Waals surface area (Å²) in [5.41, 5.74) is 4.95. The quantitative estimate of drug-likeness (QED) is 0.422. The van der Waals surface area contributed by atoms with Crippen LogP contribution in [0.15, 0.2) is 60.3 Å². The second kappa shape index (κ2) is 9.86. The second-order valence-electron chi connectivity index (χ2n) is 7.68. The number of benzene rings is 2. The van der Waals surface area contributed by atoms with E-state index in [0.29, 0.717) is 28.6 Å². The lowest BCUT2D eigenvalue weighted by Crippen LogP contribution is -2.17. The fraction of sp³-hybridized carbons (Fsp3) is 0.250. The summed E-state index contributed by atoms with van der Waals surface area (Å²) in [6.45, 7) is 2.46. The molecule has 0 saturated carbocycles. The number of aliphatic carboxylic acids is 1. The molecule has 0 amide bonds. The monoisotopic (exact) mass is 490 g/mol. The molecule has 1 unspecified atom stereocenters. The molecular weight excluding hydrogens is 469 g/mol. The van der Waals surface area contributed by atoms with Crippen LogP contribution in [0.4, 0.5) is 13.2 Å². The molecule has 1 aliphatic rings. The van der Waals surface area contributed by atoms with Crippen LogP contribution in [0.25, 0.3) is 10.6 Å². The zero-order valence-electron chi connectivity index (χ0n) is 18.1. The van der Waals surface area contributed by atoms with E-state index >= 15 is 0 Å². The van der Waals surface area contributed by atoms with Gasteiger partial charge >= 0.3 is 12.1 Å². The van der Waals surface area contributed by atoms with Crippen molar-refractivity contribution in [1.82, 2.24) is 10.5 Å². The Bertz CT molecular complexity index is 1190. The first-order chi connectivity index (χ1) is 16.2. The number of carbonyl (C=O) groups is 1. The summed E-state index contributed by atoms with van der Waals surface area (Å²) >= 11 is 1.36. The smallest absolute Gasteiger partial charge is 0.416 e. The first-order valence-corrected chi connectivity index (χ1v) is 11.2. The molecule has 1 atom stereocenters. The highest BCUT2D eigenvalue weighted by Crippen LogP contribution is 2.34. The molecule has 1 aliphatic heterocycles. The number of nitrogens with one attached hydrogen (secondary N) is 1. The van der Waals surface area contributed by atoms with Crippen molar-refractivity contribution in [2.75, 3.05) is 6.61 Å². The van der Waals surface area contributed by atoms with E-state index in [0.717, 1.165) is 28.3 Å². The van der Waals surface area contributed by atoms with Crippen LogP contribution < -0.4 is 10.2 Å². The van der Waals surface area contributed by atoms with Crippen LogP contribution in [0.3, 0.4) is 0 Å². The molecule has 34 heavy (non-hydrogen) atoms. The molecule has 0 bridgehead atoms. The number of carboxylic acids is 1. The summed E-state index contributed by atoms with van der Waals surface area (Å²) in [4.78, 5) is 21.7. The number of hydroxylamine groups is 1. The molecule has 4 rings (SSSR count). The molecule has 0 spiro atoms. The number of hydrogen-bond donors (Lipinski definition) is 2. The third kappa shape index (κ3) is 5.57. The Labute approximate surface area is 197 Å². The summed E-state index contributed by atoms with van der Waals surface area (Å²) < 4.78 is 44.2. The maximum Gasteiger partial charge on any atom is 0.416 e. The molecule has 0 saturated heterocycles. The van der Waals surface area contributed by atoms with Crippen LogP contribution in [0.2, 0.25) is 0 Å². The van der Waals surface area contributed by atoms with E-state index < -0.39 is 17.7 Å². The summed E-state index contributed by atoms with van der Waals surface area (Å²) in [6.07, 6.45) is -2.63. The Morgan fingerprint density at radius 1 is 1.21 bits per heavy atom. The Morgan fingerprint density at radius 3 is 2.50 bits per heavy atom.